The molecular weight excluding hydrogens is 773 g/mol. The second-order valence-corrected chi connectivity index (χ2v) is 17.0. The Bertz CT molecular complexity index is 1130. The summed E-state index contributed by atoms with van der Waals surface area (Å²) in [4.78, 5) is 25.4. The Hall–Kier alpha value is -2.34. The van der Waals surface area contributed by atoms with Crippen LogP contribution in [0.4, 0.5) is 0 Å². The fourth-order valence-electron chi connectivity index (χ4n) is 7.44. The highest BCUT2D eigenvalue weighted by molar-refractivity contribution is 5.70. The minimum atomic E-state index is -1.60. The number of carbonyl (C=O) groups is 2. The Morgan fingerprint density at radius 3 is 1.46 bits per heavy atom. The number of ether oxygens (including phenoxy) is 4. The molecule has 4 N–H and O–H groups in total. The molecule has 6 atom stereocenters. The van der Waals surface area contributed by atoms with Gasteiger partial charge in [-0.1, -0.05) is 210 Å². The van der Waals surface area contributed by atoms with E-state index in [4.69, 9.17) is 18.9 Å². The lowest BCUT2D eigenvalue weighted by Crippen LogP contribution is -2.59. The zero-order chi connectivity index (χ0) is 44.4. The van der Waals surface area contributed by atoms with E-state index in [1.165, 1.54) is 109 Å². The predicted molar refractivity (Wildman–Crippen MR) is 247 cm³/mol. The van der Waals surface area contributed by atoms with Crippen molar-refractivity contribution in [1.82, 2.24) is 0 Å². The van der Waals surface area contributed by atoms with Crippen LogP contribution in [0.3, 0.4) is 0 Å². The van der Waals surface area contributed by atoms with Gasteiger partial charge in [0.05, 0.1) is 13.2 Å². The third-order valence-corrected chi connectivity index (χ3v) is 11.3. The van der Waals surface area contributed by atoms with Gasteiger partial charge in [0.15, 0.2) is 12.4 Å². The first-order valence-electron chi connectivity index (χ1n) is 24.8. The number of unbranched alkanes of at least 4 members (excludes halogenated alkanes) is 25. The van der Waals surface area contributed by atoms with Crippen molar-refractivity contribution < 1.29 is 49.0 Å². The molecule has 0 saturated carbocycles. The van der Waals surface area contributed by atoms with Crippen LogP contribution in [0.15, 0.2) is 48.6 Å². The summed E-state index contributed by atoms with van der Waals surface area (Å²) in [5.41, 5.74) is 0. The SMILES string of the molecule is CC/C=C/C=C/C=C/C=C/CCCCCCCC(=O)OC[C@H](CO[C@@H]1O[C@H](CO)[C@H](O)C(O)C1O)OC(=O)CCCCCCCCCCCCCCCCCCCCCCC. The molecule has 1 fully saturated rings. The van der Waals surface area contributed by atoms with Crippen molar-refractivity contribution in [2.45, 2.75) is 243 Å². The van der Waals surface area contributed by atoms with Gasteiger partial charge in [0.2, 0.25) is 0 Å². The molecule has 1 aliphatic rings. The topological polar surface area (TPSA) is 152 Å². The molecule has 61 heavy (non-hydrogen) atoms. The summed E-state index contributed by atoms with van der Waals surface area (Å²) < 4.78 is 22.2. The number of allylic oxidation sites excluding steroid dienone is 8. The predicted octanol–water partition coefficient (Wildman–Crippen LogP) is 11.2. The van der Waals surface area contributed by atoms with Gasteiger partial charge < -0.3 is 39.4 Å². The average Bonchev–Trinajstić information content (AvgIpc) is 3.26. The van der Waals surface area contributed by atoms with Crippen molar-refractivity contribution in [1.29, 1.82) is 0 Å². The molecule has 0 aromatic rings. The monoisotopic (exact) mass is 863 g/mol. The molecule has 2 unspecified atom stereocenters. The minimum absolute atomic E-state index is 0.227. The molecule has 354 valence electrons. The van der Waals surface area contributed by atoms with E-state index in [1.54, 1.807) is 0 Å². The van der Waals surface area contributed by atoms with Gasteiger partial charge in [-0.25, -0.2) is 0 Å². The van der Waals surface area contributed by atoms with Crippen molar-refractivity contribution >= 4 is 11.9 Å². The molecule has 1 saturated heterocycles. The number of rotatable bonds is 41. The summed E-state index contributed by atoms with van der Waals surface area (Å²) in [6.07, 6.45) is 42.6. The molecule has 0 aromatic carbocycles. The Labute approximate surface area is 371 Å². The standard InChI is InChI=1S/C51H90O10/c1-3-5-7-9-11-13-15-17-19-20-21-22-23-24-26-28-30-32-34-36-38-40-47(54)60-44(43-59-51-50(57)49(56)48(55)45(41-52)61-51)42-58-46(53)39-37-35-33-31-29-27-25-18-16-14-12-10-8-6-4-2/h6,8,10,12,14,16,18,25,44-45,48-52,55-57H,3-5,7,9,11,13,15,17,19-24,26-43H2,1-2H3/b8-6+,12-10+,16-14+,25-18+/t44-,45-,48+,49?,50?,51-/m1/s1. The molecule has 0 spiro atoms. The van der Waals surface area contributed by atoms with Gasteiger partial charge in [-0.2, -0.15) is 0 Å². The van der Waals surface area contributed by atoms with Crippen LogP contribution in [0.2, 0.25) is 0 Å². The van der Waals surface area contributed by atoms with Gasteiger partial charge in [0.25, 0.3) is 0 Å². The minimum Gasteiger partial charge on any atom is -0.462 e. The summed E-state index contributed by atoms with van der Waals surface area (Å²) in [5, 5.41) is 40.2. The third kappa shape index (κ3) is 32.9. The van der Waals surface area contributed by atoms with Crippen LogP contribution in [-0.2, 0) is 28.5 Å². The first-order valence-corrected chi connectivity index (χ1v) is 24.8. The summed E-state index contributed by atoms with van der Waals surface area (Å²) in [5.74, 6) is -0.828. The third-order valence-electron chi connectivity index (χ3n) is 11.3. The lowest BCUT2D eigenvalue weighted by molar-refractivity contribution is -0.305. The van der Waals surface area contributed by atoms with Crippen LogP contribution in [0.25, 0.3) is 0 Å². The Kier molecular flexibility index (Phi) is 38.7. The quantitative estimate of drug-likeness (QED) is 0.0265. The van der Waals surface area contributed by atoms with E-state index in [-0.39, 0.29) is 26.1 Å². The Morgan fingerprint density at radius 1 is 0.525 bits per heavy atom. The van der Waals surface area contributed by atoms with Crippen molar-refractivity contribution in [3.05, 3.63) is 48.6 Å². The molecule has 10 heteroatoms. The molecular formula is C51H90O10. The average molecular weight is 863 g/mol. The van der Waals surface area contributed by atoms with Crippen LogP contribution >= 0.6 is 0 Å². The zero-order valence-electron chi connectivity index (χ0n) is 38.7. The second-order valence-electron chi connectivity index (χ2n) is 17.0. The van der Waals surface area contributed by atoms with E-state index in [0.29, 0.717) is 12.8 Å². The Balaban J connectivity index is 2.27. The summed E-state index contributed by atoms with van der Waals surface area (Å²) in [7, 11) is 0. The summed E-state index contributed by atoms with van der Waals surface area (Å²) in [6.45, 7) is 3.28. The first-order chi connectivity index (χ1) is 29.8. The van der Waals surface area contributed by atoms with E-state index in [1.807, 2.05) is 30.4 Å². The van der Waals surface area contributed by atoms with Crippen LogP contribution in [0, 0.1) is 0 Å². The fourth-order valence-corrected chi connectivity index (χ4v) is 7.44. The fraction of sp³-hybridized carbons (Fsp3) is 0.804. The molecule has 0 bridgehead atoms. The highest BCUT2D eigenvalue weighted by atomic mass is 16.7. The second kappa shape index (κ2) is 41.7. The van der Waals surface area contributed by atoms with Crippen molar-refractivity contribution in [3.8, 4) is 0 Å². The molecule has 1 aliphatic heterocycles. The van der Waals surface area contributed by atoms with Crippen LogP contribution < -0.4 is 0 Å². The molecule has 0 aromatic heterocycles. The van der Waals surface area contributed by atoms with E-state index in [0.717, 1.165) is 57.8 Å². The molecule has 1 rings (SSSR count). The van der Waals surface area contributed by atoms with E-state index < -0.39 is 55.4 Å². The van der Waals surface area contributed by atoms with Crippen molar-refractivity contribution in [2.75, 3.05) is 19.8 Å². The summed E-state index contributed by atoms with van der Waals surface area (Å²) >= 11 is 0. The molecule has 0 amide bonds. The zero-order valence-corrected chi connectivity index (χ0v) is 38.7. The highest BCUT2D eigenvalue weighted by Crippen LogP contribution is 2.23. The van der Waals surface area contributed by atoms with Gasteiger partial charge in [-0.15, -0.1) is 0 Å². The number of carbonyl (C=O) groups excluding carboxylic acids is 2. The summed E-state index contributed by atoms with van der Waals surface area (Å²) in [6, 6.07) is 0. The lowest BCUT2D eigenvalue weighted by atomic mass is 9.99. The van der Waals surface area contributed by atoms with E-state index >= 15 is 0 Å². The van der Waals surface area contributed by atoms with Crippen LogP contribution in [0.1, 0.15) is 206 Å². The number of aliphatic hydroxyl groups is 4. The number of hydrogen-bond acceptors (Lipinski definition) is 10. The number of aliphatic hydroxyl groups excluding tert-OH is 4. The normalized spacial score (nSPS) is 20.1. The smallest absolute Gasteiger partial charge is 0.306 e. The molecule has 10 nitrogen and oxygen atoms in total. The van der Waals surface area contributed by atoms with E-state index in [2.05, 4.69) is 32.1 Å². The number of esters is 2. The van der Waals surface area contributed by atoms with Crippen LogP contribution in [-0.4, -0.2) is 89.0 Å². The molecule has 0 radical (unpaired) electrons. The maximum Gasteiger partial charge on any atom is 0.306 e. The largest absolute Gasteiger partial charge is 0.462 e. The highest BCUT2D eigenvalue weighted by Gasteiger charge is 2.44. The lowest BCUT2D eigenvalue weighted by Gasteiger charge is -2.39. The first kappa shape index (κ1) is 56.7. The number of hydrogen-bond donors (Lipinski definition) is 4. The molecule has 0 aliphatic carbocycles. The maximum atomic E-state index is 12.8. The Morgan fingerprint density at radius 2 is 0.967 bits per heavy atom. The molecule has 1 heterocycles. The van der Waals surface area contributed by atoms with Gasteiger partial charge in [0.1, 0.15) is 31.0 Å². The van der Waals surface area contributed by atoms with Gasteiger partial charge in [-0.05, 0) is 32.1 Å². The van der Waals surface area contributed by atoms with Crippen LogP contribution in [0.5, 0.6) is 0 Å². The maximum absolute atomic E-state index is 12.8. The van der Waals surface area contributed by atoms with Gasteiger partial charge in [0, 0.05) is 12.8 Å². The van der Waals surface area contributed by atoms with Crippen molar-refractivity contribution in [3.63, 3.8) is 0 Å². The van der Waals surface area contributed by atoms with Gasteiger partial charge >= 0.3 is 11.9 Å². The van der Waals surface area contributed by atoms with E-state index in [9.17, 15) is 30.0 Å². The van der Waals surface area contributed by atoms with Gasteiger partial charge in [-0.3, -0.25) is 9.59 Å². The van der Waals surface area contributed by atoms with Crippen molar-refractivity contribution in [2.24, 2.45) is 0 Å².